The van der Waals surface area contributed by atoms with Crippen molar-refractivity contribution < 1.29 is 17.6 Å². The highest BCUT2D eigenvalue weighted by atomic mass is 32.2. The second kappa shape index (κ2) is 8.54. The van der Waals surface area contributed by atoms with Crippen LogP contribution in [-0.2, 0) is 14.4 Å². The van der Waals surface area contributed by atoms with Gasteiger partial charge in [0.05, 0.1) is 16.5 Å². The summed E-state index contributed by atoms with van der Waals surface area (Å²) < 4.78 is 41.2. The summed E-state index contributed by atoms with van der Waals surface area (Å²) in [5, 5.41) is 1.01. The second-order valence-electron chi connectivity index (χ2n) is 11.2. The van der Waals surface area contributed by atoms with E-state index >= 15 is 0 Å². The second-order valence-corrected chi connectivity index (χ2v) is 17.8. The van der Waals surface area contributed by atoms with Crippen LogP contribution in [0.25, 0.3) is 10.9 Å². The van der Waals surface area contributed by atoms with E-state index in [4.69, 9.17) is 9.16 Å². The highest BCUT2D eigenvalue weighted by Gasteiger charge is 2.43. The van der Waals surface area contributed by atoms with Gasteiger partial charge < -0.3 is 9.16 Å². The van der Waals surface area contributed by atoms with Gasteiger partial charge in [0.2, 0.25) is 0 Å². The summed E-state index contributed by atoms with van der Waals surface area (Å²) in [6.07, 6.45) is 3.69. The van der Waals surface area contributed by atoms with Gasteiger partial charge in [0.25, 0.3) is 10.0 Å². The van der Waals surface area contributed by atoms with E-state index in [1.54, 1.807) is 18.3 Å². The number of aromatic nitrogens is 1. The Morgan fingerprint density at radius 3 is 2.18 bits per heavy atom. The first-order chi connectivity index (χ1) is 15.7. The third kappa shape index (κ3) is 4.45. The van der Waals surface area contributed by atoms with E-state index in [1.165, 1.54) is 3.97 Å². The fourth-order valence-electron chi connectivity index (χ4n) is 4.15. The molecular weight excluding hydrogens is 462 g/mol. The van der Waals surface area contributed by atoms with Gasteiger partial charge >= 0.3 is 0 Å². The molecule has 0 unspecified atom stereocenters. The molecule has 184 valence electrons. The van der Waals surface area contributed by atoms with Gasteiger partial charge in [-0.05, 0) is 74.3 Å². The molecule has 1 heterocycles. The van der Waals surface area contributed by atoms with E-state index in [2.05, 4.69) is 33.9 Å². The summed E-state index contributed by atoms with van der Waals surface area (Å²) in [4.78, 5) is 0.281. The summed E-state index contributed by atoms with van der Waals surface area (Å²) in [7, 11) is -5.51. The van der Waals surface area contributed by atoms with E-state index in [0.29, 0.717) is 5.52 Å². The number of benzene rings is 2. The van der Waals surface area contributed by atoms with Crippen molar-refractivity contribution in [2.45, 2.75) is 89.6 Å². The van der Waals surface area contributed by atoms with Crippen molar-refractivity contribution in [2.24, 2.45) is 0 Å². The number of fused-ring (bicyclic) bond motifs is 1. The Labute approximate surface area is 205 Å². The molecule has 34 heavy (non-hydrogen) atoms. The topological polar surface area (TPSA) is 57.5 Å². The molecule has 3 aromatic rings. The normalized spacial score (nSPS) is 19.3. The lowest BCUT2D eigenvalue weighted by molar-refractivity contribution is -0.00241. The maximum Gasteiger partial charge on any atom is 0.268 e. The molecule has 0 amide bonds. The molecule has 0 aliphatic heterocycles. The Morgan fingerprint density at radius 2 is 1.59 bits per heavy atom. The lowest BCUT2D eigenvalue weighted by atomic mass is 9.92. The van der Waals surface area contributed by atoms with Crippen molar-refractivity contribution in [1.29, 1.82) is 0 Å². The molecule has 0 saturated heterocycles. The Morgan fingerprint density at radius 1 is 0.971 bits per heavy atom. The van der Waals surface area contributed by atoms with Crippen LogP contribution in [0.1, 0.15) is 50.3 Å². The Hall–Kier alpha value is -2.09. The van der Waals surface area contributed by atoms with Crippen LogP contribution in [0.5, 0.6) is 5.75 Å². The third-order valence-corrected chi connectivity index (χ3v) is 13.8. The molecule has 7 heteroatoms. The average Bonchev–Trinajstić information content (AvgIpc) is 3.16. The lowest BCUT2D eigenvalue weighted by Gasteiger charge is -2.44. The van der Waals surface area contributed by atoms with Crippen LogP contribution in [0.2, 0.25) is 18.1 Å². The smallest absolute Gasteiger partial charge is 0.268 e. The van der Waals surface area contributed by atoms with Gasteiger partial charge in [-0.2, -0.15) is 0 Å². The standard InChI is InChI=1S/C27H37NO4SSi/c1-18-9-11-23(12-10-18)33(29,30)28-14-13-24-25(15-19(2)20(3)26(24)28)31-21-16-22(17-21)32-34(7,8)27(4,5)6/h9-15,21-22H,16-17H2,1-8H3. The van der Waals surface area contributed by atoms with Gasteiger partial charge in [-0.25, -0.2) is 12.4 Å². The fourth-order valence-corrected chi connectivity index (χ4v) is 6.94. The molecule has 0 N–H and O–H groups in total. The molecule has 0 spiro atoms. The molecule has 5 nitrogen and oxygen atoms in total. The number of nitrogens with zero attached hydrogens (tertiary/aromatic N) is 1. The van der Waals surface area contributed by atoms with Crippen molar-refractivity contribution in [3.8, 4) is 5.75 Å². The van der Waals surface area contributed by atoms with Crippen LogP contribution in [0.4, 0.5) is 0 Å². The molecule has 1 aliphatic rings. The van der Waals surface area contributed by atoms with Crippen LogP contribution in [0.15, 0.2) is 47.5 Å². The predicted molar refractivity (Wildman–Crippen MR) is 141 cm³/mol. The summed E-state index contributed by atoms with van der Waals surface area (Å²) in [6, 6.07) is 10.9. The van der Waals surface area contributed by atoms with Crippen LogP contribution in [0.3, 0.4) is 0 Å². The van der Waals surface area contributed by atoms with Gasteiger partial charge in [0, 0.05) is 24.4 Å². The molecule has 1 aliphatic carbocycles. The van der Waals surface area contributed by atoms with Gasteiger partial charge in [-0.1, -0.05) is 38.5 Å². The zero-order chi connectivity index (χ0) is 25.1. The first kappa shape index (κ1) is 25.0. The van der Waals surface area contributed by atoms with Crippen LogP contribution in [-0.4, -0.2) is 32.9 Å². The number of hydrogen-bond donors (Lipinski definition) is 0. The zero-order valence-electron chi connectivity index (χ0n) is 21.6. The lowest BCUT2D eigenvalue weighted by Crippen LogP contribution is -2.50. The first-order valence-electron chi connectivity index (χ1n) is 12.0. The predicted octanol–water partition coefficient (Wildman–Crippen LogP) is 6.74. The highest BCUT2D eigenvalue weighted by Crippen LogP contribution is 2.42. The van der Waals surface area contributed by atoms with Crippen molar-refractivity contribution in [2.75, 3.05) is 0 Å². The van der Waals surface area contributed by atoms with Crippen molar-refractivity contribution in [1.82, 2.24) is 3.97 Å². The minimum Gasteiger partial charge on any atom is -0.490 e. The molecule has 1 fully saturated rings. The Balaban J connectivity index is 1.60. The molecule has 0 atom stereocenters. The molecule has 1 aromatic heterocycles. The summed E-state index contributed by atoms with van der Waals surface area (Å²) in [6.45, 7) is 17.3. The Bertz CT molecular complexity index is 1310. The number of aryl methyl sites for hydroxylation is 3. The van der Waals surface area contributed by atoms with Gasteiger partial charge in [-0.15, -0.1) is 0 Å². The minimum atomic E-state index is -3.71. The third-order valence-electron chi connectivity index (χ3n) is 7.60. The molecule has 0 radical (unpaired) electrons. The van der Waals surface area contributed by atoms with E-state index < -0.39 is 18.3 Å². The average molecular weight is 500 g/mol. The van der Waals surface area contributed by atoms with Gasteiger partial charge in [-0.3, -0.25) is 0 Å². The van der Waals surface area contributed by atoms with E-state index in [1.807, 2.05) is 45.0 Å². The van der Waals surface area contributed by atoms with Gasteiger partial charge in [0.1, 0.15) is 11.9 Å². The van der Waals surface area contributed by atoms with Crippen molar-refractivity contribution in [3.05, 3.63) is 59.3 Å². The van der Waals surface area contributed by atoms with E-state index in [-0.39, 0.29) is 22.1 Å². The van der Waals surface area contributed by atoms with E-state index in [9.17, 15) is 8.42 Å². The summed E-state index contributed by atoms with van der Waals surface area (Å²) in [5.41, 5.74) is 3.66. The van der Waals surface area contributed by atoms with Crippen LogP contribution >= 0.6 is 0 Å². The van der Waals surface area contributed by atoms with Crippen LogP contribution < -0.4 is 4.74 Å². The molecule has 2 aromatic carbocycles. The first-order valence-corrected chi connectivity index (χ1v) is 16.3. The number of hydrogen-bond acceptors (Lipinski definition) is 4. The number of rotatable bonds is 6. The summed E-state index contributed by atoms with van der Waals surface area (Å²) in [5.74, 6) is 0.742. The Kier molecular flexibility index (Phi) is 6.28. The van der Waals surface area contributed by atoms with E-state index in [0.717, 1.165) is 40.7 Å². The van der Waals surface area contributed by atoms with Crippen LogP contribution in [0, 0.1) is 20.8 Å². The largest absolute Gasteiger partial charge is 0.490 e. The molecule has 4 rings (SSSR count). The molecule has 0 bridgehead atoms. The monoisotopic (exact) mass is 499 g/mol. The van der Waals surface area contributed by atoms with Gasteiger partial charge in [0.15, 0.2) is 8.32 Å². The maximum atomic E-state index is 13.5. The maximum absolute atomic E-state index is 13.5. The highest BCUT2D eigenvalue weighted by molar-refractivity contribution is 7.90. The number of ether oxygens (including phenoxy) is 1. The van der Waals surface area contributed by atoms with Crippen molar-refractivity contribution >= 4 is 29.2 Å². The summed E-state index contributed by atoms with van der Waals surface area (Å²) >= 11 is 0. The molecular formula is C27H37NO4SSi. The quantitative estimate of drug-likeness (QED) is 0.353. The fraction of sp³-hybridized carbons (Fsp3) is 0.481. The minimum absolute atomic E-state index is 0.0807. The SMILES string of the molecule is Cc1ccc(S(=O)(=O)n2ccc3c(OC4CC(O[Si](C)(C)C(C)(C)C)C4)cc(C)c(C)c32)cc1. The zero-order valence-corrected chi connectivity index (χ0v) is 23.4. The molecule has 1 saturated carbocycles. The van der Waals surface area contributed by atoms with Crippen molar-refractivity contribution in [3.63, 3.8) is 0 Å².